The lowest BCUT2D eigenvalue weighted by Gasteiger charge is -2.17. The molecule has 0 radical (unpaired) electrons. The molecule has 0 saturated heterocycles. The number of aromatic nitrogens is 4. The highest BCUT2D eigenvalue weighted by molar-refractivity contribution is 6.30. The molecule has 5 nitrogen and oxygen atoms in total. The summed E-state index contributed by atoms with van der Waals surface area (Å²) in [4.78, 5) is 1.48. The van der Waals surface area contributed by atoms with Crippen LogP contribution in [0, 0.1) is 0 Å². The Kier molecular flexibility index (Phi) is 4.87. The van der Waals surface area contributed by atoms with E-state index in [2.05, 4.69) is 33.7 Å². The third kappa shape index (κ3) is 4.01. The van der Waals surface area contributed by atoms with Gasteiger partial charge in [0.25, 0.3) is 0 Å². The number of aryl methyl sites for hydroxylation is 1. The van der Waals surface area contributed by atoms with E-state index >= 15 is 0 Å². The van der Waals surface area contributed by atoms with Crippen molar-refractivity contribution in [3.8, 4) is 0 Å². The standard InChI is InChI=1S/C13H18ClN5/c1-3-7-15-12(9-13-16-18-19(2)17-13)10-5-4-6-11(14)8-10/h4-6,8,12,15H,3,7,9H2,1-2H3. The lowest BCUT2D eigenvalue weighted by atomic mass is 10.0. The van der Waals surface area contributed by atoms with Crippen molar-refractivity contribution in [2.75, 3.05) is 6.54 Å². The molecule has 0 aliphatic carbocycles. The molecule has 1 aromatic heterocycles. The average molecular weight is 280 g/mol. The van der Waals surface area contributed by atoms with Crippen LogP contribution in [0.3, 0.4) is 0 Å². The van der Waals surface area contributed by atoms with E-state index in [1.807, 2.05) is 18.2 Å². The Morgan fingerprint density at radius 3 is 2.89 bits per heavy atom. The molecule has 0 saturated carbocycles. The van der Waals surface area contributed by atoms with Crippen molar-refractivity contribution in [3.05, 3.63) is 40.7 Å². The van der Waals surface area contributed by atoms with Gasteiger partial charge in [0.1, 0.15) is 0 Å². The van der Waals surface area contributed by atoms with Gasteiger partial charge in [-0.15, -0.1) is 10.2 Å². The van der Waals surface area contributed by atoms with E-state index in [0.717, 1.165) is 29.4 Å². The Labute approximate surface area is 118 Å². The summed E-state index contributed by atoms with van der Waals surface area (Å²) in [5.74, 6) is 0.732. The second-order valence-corrected chi connectivity index (χ2v) is 4.90. The Balaban J connectivity index is 2.15. The summed E-state index contributed by atoms with van der Waals surface area (Å²) in [5, 5.41) is 16.4. The molecule has 0 aliphatic rings. The SMILES string of the molecule is CCCNC(Cc1nnn(C)n1)c1cccc(Cl)c1. The Morgan fingerprint density at radius 1 is 1.42 bits per heavy atom. The summed E-state index contributed by atoms with van der Waals surface area (Å²) in [6.45, 7) is 3.08. The van der Waals surface area contributed by atoms with Gasteiger partial charge >= 0.3 is 0 Å². The topological polar surface area (TPSA) is 55.6 Å². The molecule has 0 spiro atoms. The normalized spacial score (nSPS) is 12.6. The molecular formula is C13H18ClN5. The molecule has 1 N–H and O–H groups in total. The van der Waals surface area contributed by atoms with Crippen LogP contribution in [0.1, 0.15) is 30.8 Å². The van der Waals surface area contributed by atoms with Gasteiger partial charge in [0.05, 0.1) is 7.05 Å². The summed E-state index contributed by atoms with van der Waals surface area (Å²) in [7, 11) is 1.77. The van der Waals surface area contributed by atoms with Crippen molar-refractivity contribution in [1.82, 2.24) is 25.5 Å². The van der Waals surface area contributed by atoms with Gasteiger partial charge < -0.3 is 5.32 Å². The van der Waals surface area contributed by atoms with Crippen LogP contribution in [0.4, 0.5) is 0 Å². The molecule has 19 heavy (non-hydrogen) atoms. The average Bonchev–Trinajstić information content (AvgIpc) is 2.80. The number of nitrogens with zero attached hydrogens (tertiary/aromatic N) is 4. The van der Waals surface area contributed by atoms with E-state index in [0.29, 0.717) is 6.42 Å². The molecule has 0 fully saturated rings. The molecule has 0 amide bonds. The minimum absolute atomic E-state index is 0.155. The second kappa shape index (κ2) is 6.63. The van der Waals surface area contributed by atoms with Gasteiger partial charge in [-0.3, -0.25) is 0 Å². The van der Waals surface area contributed by atoms with Gasteiger partial charge in [-0.2, -0.15) is 4.80 Å². The maximum atomic E-state index is 6.05. The van der Waals surface area contributed by atoms with Crippen LogP contribution in [-0.4, -0.2) is 26.8 Å². The first-order chi connectivity index (χ1) is 9.19. The van der Waals surface area contributed by atoms with Crippen molar-refractivity contribution < 1.29 is 0 Å². The summed E-state index contributed by atoms with van der Waals surface area (Å²) >= 11 is 6.05. The van der Waals surface area contributed by atoms with Crippen LogP contribution in [0.2, 0.25) is 5.02 Å². The fourth-order valence-corrected chi connectivity index (χ4v) is 2.14. The molecule has 1 atom stereocenters. The van der Waals surface area contributed by atoms with E-state index in [4.69, 9.17) is 11.6 Å². The van der Waals surface area contributed by atoms with Gasteiger partial charge in [-0.1, -0.05) is 30.7 Å². The largest absolute Gasteiger partial charge is 0.310 e. The maximum absolute atomic E-state index is 6.05. The molecule has 2 aromatic rings. The van der Waals surface area contributed by atoms with Crippen molar-refractivity contribution in [1.29, 1.82) is 0 Å². The Morgan fingerprint density at radius 2 is 2.26 bits per heavy atom. The van der Waals surface area contributed by atoms with Crippen LogP contribution in [0.15, 0.2) is 24.3 Å². The van der Waals surface area contributed by atoms with E-state index in [1.165, 1.54) is 4.80 Å². The van der Waals surface area contributed by atoms with Crippen LogP contribution in [0.5, 0.6) is 0 Å². The number of nitrogens with one attached hydrogen (secondary N) is 1. The number of benzene rings is 1. The Hall–Kier alpha value is -1.46. The minimum atomic E-state index is 0.155. The molecular weight excluding hydrogens is 262 g/mol. The fourth-order valence-electron chi connectivity index (χ4n) is 1.94. The number of tetrazole rings is 1. The van der Waals surface area contributed by atoms with Crippen LogP contribution in [0.25, 0.3) is 0 Å². The van der Waals surface area contributed by atoms with Crippen molar-refractivity contribution in [2.24, 2.45) is 7.05 Å². The quantitative estimate of drug-likeness (QED) is 0.880. The molecule has 2 rings (SSSR count). The van der Waals surface area contributed by atoms with Crippen molar-refractivity contribution in [2.45, 2.75) is 25.8 Å². The first-order valence-electron chi connectivity index (χ1n) is 6.40. The van der Waals surface area contributed by atoms with Crippen molar-refractivity contribution >= 4 is 11.6 Å². The zero-order valence-electron chi connectivity index (χ0n) is 11.2. The molecule has 6 heteroatoms. The zero-order chi connectivity index (χ0) is 13.7. The van der Waals surface area contributed by atoms with Crippen LogP contribution in [-0.2, 0) is 13.5 Å². The lowest BCUT2D eigenvalue weighted by molar-refractivity contribution is 0.517. The molecule has 1 heterocycles. The Bertz CT molecular complexity index is 525. The van der Waals surface area contributed by atoms with E-state index in [1.54, 1.807) is 7.05 Å². The lowest BCUT2D eigenvalue weighted by Crippen LogP contribution is -2.24. The smallest absolute Gasteiger partial charge is 0.176 e. The zero-order valence-corrected chi connectivity index (χ0v) is 11.9. The van der Waals surface area contributed by atoms with Crippen LogP contribution < -0.4 is 5.32 Å². The highest BCUT2D eigenvalue weighted by Gasteiger charge is 2.14. The number of halogens is 1. The van der Waals surface area contributed by atoms with Gasteiger partial charge in [0.15, 0.2) is 5.82 Å². The highest BCUT2D eigenvalue weighted by Crippen LogP contribution is 2.20. The predicted octanol–water partition coefficient (Wildman–Crippen LogP) is 2.15. The number of hydrogen-bond acceptors (Lipinski definition) is 4. The third-order valence-electron chi connectivity index (χ3n) is 2.83. The van der Waals surface area contributed by atoms with Gasteiger partial charge in [-0.05, 0) is 35.9 Å². The first kappa shape index (κ1) is 14.0. The monoisotopic (exact) mass is 279 g/mol. The maximum Gasteiger partial charge on any atom is 0.176 e. The third-order valence-corrected chi connectivity index (χ3v) is 3.06. The minimum Gasteiger partial charge on any atom is -0.310 e. The molecule has 1 aromatic carbocycles. The summed E-state index contributed by atoms with van der Waals surface area (Å²) in [5.41, 5.74) is 1.15. The highest BCUT2D eigenvalue weighted by atomic mass is 35.5. The fraction of sp³-hybridized carbons (Fsp3) is 0.462. The summed E-state index contributed by atoms with van der Waals surface area (Å²) in [6.07, 6.45) is 1.78. The molecule has 102 valence electrons. The van der Waals surface area contributed by atoms with E-state index in [9.17, 15) is 0 Å². The second-order valence-electron chi connectivity index (χ2n) is 4.46. The molecule has 0 aliphatic heterocycles. The van der Waals surface area contributed by atoms with Gasteiger partial charge in [0, 0.05) is 17.5 Å². The first-order valence-corrected chi connectivity index (χ1v) is 6.78. The number of hydrogen-bond donors (Lipinski definition) is 1. The van der Waals surface area contributed by atoms with Gasteiger partial charge in [-0.25, -0.2) is 0 Å². The van der Waals surface area contributed by atoms with Gasteiger partial charge in [0.2, 0.25) is 0 Å². The van der Waals surface area contributed by atoms with E-state index < -0.39 is 0 Å². The number of rotatable bonds is 6. The summed E-state index contributed by atoms with van der Waals surface area (Å²) in [6, 6.07) is 8.04. The van der Waals surface area contributed by atoms with Crippen molar-refractivity contribution in [3.63, 3.8) is 0 Å². The molecule has 0 bridgehead atoms. The van der Waals surface area contributed by atoms with E-state index in [-0.39, 0.29) is 6.04 Å². The predicted molar refractivity (Wildman–Crippen MR) is 75.0 cm³/mol. The van der Waals surface area contributed by atoms with Crippen LogP contribution >= 0.6 is 11.6 Å². The molecule has 1 unspecified atom stereocenters. The summed E-state index contributed by atoms with van der Waals surface area (Å²) < 4.78 is 0.